The van der Waals surface area contributed by atoms with E-state index in [-0.39, 0.29) is 6.03 Å². The average molecular weight is 353 g/mol. The molecule has 2 aromatic rings. The summed E-state index contributed by atoms with van der Waals surface area (Å²) in [6.07, 6.45) is 3.70. The maximum atomic E-state index is 12.5. The van der Waals surface area contributed by atoms with Gasteiger partial charge in [-0.1, -0.05) is 30.3 Å². The maximum Gasteiger partial charge on any atom is 0.321 e. The number of likely N-dealkylation sites (N-methyl/N-ethyl adjacent to an activating group) is 1. The topological polar surface area (TPSA) is 44.8 Å². The molecule has 1 heterocycles. The molecular weight excluding hydrogens is 326 g/mol. The lowest BCUT2D eigenvalue weighted by atomic mass is 10.1. The number of rotatable bonds is 6. The van der Waals surface area contributed by atoms with Crippen LogP contribution in [0.3, 0.4) is 0 Å². The monoisotopic (exact) mass is 353 g/mol. The highest BCUT2D eigenvalue weighted by Crippen LogP contribution is 2.28. The van der Waals surface area contributed by atoms with E-state index >= 15 is 0 Å². The average Bonchev–Trinajstić information content (AvgIpc) is 2.70. The molecule has 0 aliphatic carbocycles. The third-order valence-corrected chi connectivity index (χ3v) is 4.63. The quantitative estimate of drug-likeness (QED) is 0.846. The third-order valence-electron chi connectivity index (χ3n) is 4.63. The van der Waals surface area contributed by atoms with Gasteiger partial charge in [0.1, 0.15) is 12.4 Å². The number of anilines is 2. The van der Waals surface area contributed by atoms with Crippen molar-refractivity contribution in [2.45, 2.75) is 19.3 Å². The Morgan fingerprint density at radius 2 is 1.73 bits per heavy atom. The molecule has 0 radical (unpaired) electrons. The molecule has 0 atom stereocenters. The second kappa shape index (κ2) is 9.13. The molecule has 0 spiro atoms. The highest BCUT2D eigenvalue weighted by atomic mass is 16.5. The lowest BCUT2D eigenvalue weighted by molar-refractivity contribution is 0.207. The van der Waals surface area contributed by atoms with E-state index in [1.807, 2.05) is 48.5 Å². The van der Waals surface area contributed by atoms with Crippen LogP contribution in [0, 0.1) is 0 Å². The molecular formula is C21H27N3O2. The number of urea groups is 1. The fourth-order valence-electron chi connectivity index (χ4n) is 3.12. The molecule has 26 heavy (non-hydrogen) atoms. The molecule has 1 fully saturated rings. The summed E-state index contributed by atoms with van der Waals surface area (Å²) in [5, 5.41) is 3.05. The van der Waals surface area contributed by atoms with Gasteiger partial charge >= 0.3 is 6.03 Å². The van der Waals surface area contributed by atoms with Gasteiger partial charge in [-0.05, 0) is 43.5 Å². The van der Waals surface area contributed by atoms with Crippen LogP contribution in [0.15, 0.2) is 54.6 Å². The molecule has 2 aromatic carbocycles. The molecule has 5 nitrogen and oxygen atoms in total. The van der Waals surface area contributed by atoms with E-state index in [4.69, 9.17) is 4.74 Å². The Morgan fingerprint density at radius 1 is 1.04 bits per heavy atom. The van der Waals surface area contributed by atoms with Gasteiger partial charge in [-0.2, -0.15) is 0 Å². The number of nitrogens with one attached hydrogen (secondary N) is 1. The fourth-order valence-corrected chi connectivity index (χ4v) is 3.12. The lowest BCUT2D eigenvalue weighted by Gasteiger charge is -2.31. The van der Waals surface area contributed by atoms with Gasteiger partial charge in [0.15, 0.2) is 0 Å². The summed E-state index contributed by atoms with van der Waals surface area (Å²) in [6.45, 7) is 3.08. The number of hydrogen-bond acceptors (Lipinski definition) is 3. The largest absolute Gasteiger partial charge is 0.492 e. The van der Waals surface area contributed by atoms with E-state index in [0.29, 0.717) is 13.2 Å². The molecule has 3 rings (SSSR count). The van der Waals surface area contributed by atoms with Crippen molar-refractivity contribution in [3.63, 3.8) is 0 Å². The summed E-state index contributed by atoms with van der Waals surface area (Å²) >= 11 is 0. The normalized spacial score (nSPS) is 14.0. The number of carbonyl (C=O) groups is 1. The highest BCUT2D eigenvalue weighted by molar-refractivity contribution is 5.93. The van der Waals surface area contributed by atoms with Gasteiger partial charge in [-0.3, -0.25) is 0 Å². The summed E-state index contributed by atoms with van der Waals surface area (Å²) in [7, 11) is 1.78. The second-order valence-corrected chi connectivity index (χ2v) is 6.58. The van der Waals surface area contributed by atoms with E-state index < -0.39 is 0 Å². The lowest BCUT2D eigenvalue weighted by Crippen LogP contribution is -2.35. The Balaban J connectivity index is 1.54. The molecule has 1 aliphatic heterocycles. The van der Waals surface area contributed by atoms with Gasteiger partial charge in [0, 0.05) is 20.1 Å². The first kappa shape index (κ1) is 18.1. The smallest absolute Gasteiger partial charge is 0.321 e. The summed E-state index contributed by atoms with van der Waals surface area (Å²) in [5.74, 6) is 0.816. The summed E-state index contributed by atoms with van der Waals surface area (Å²) in [5.41, 5.74) is 1.98. The molecule has 0 aromatic heterocycles. The van der Waals surface area contributed by atoms with Crippen molar-refractivity contribution in [1.82, 2.24) is 4.90 Å². The highest BCUT2D eigenvalue weighted by Gasteiger charge is 2.16. The first-order valence-electron chi connectivity index (χ1n) is 9.28. The Labute approximate surface area is 155 Å². The summed E-state index contributed by atoms with van der Waals surface area (Å²) < 4.78 is 5.67. The predicted molar refractivity (Wildman–Crippen MR) is 106 cm³/mol. The number of amides is 2. The van der Waals surface area contributed by atoms with Gasteiger partial charge in [-0.15, -0.1) is 0 Å². The molecule has 2 amide bonds. The Hall–Kier alpha value is -2.69. The molecule has 1 aliphatic rings. The number of para-hydroxylation sites is 3. The van der Waals surface area contributed by atoms with Gasteiger partial charge in [-0.25, -0.2) is 4.79 Å². The van der Waals surface area contributed by atoms with Crippen molar-refractivity contribution in [3.05, 3.63) is 54.6 Å². The zero-order valence-corrected chi connectivity index (χ0v) is 15.4. The SMILES string of the molecule is CN(CCOc1ccccc1)C(=O)Nc1ccccc1N1CCCCC1. The molecule has 5 heteroatoms. The van der Waals surface area contributed by atoms with Crippen LogP contribution in [0.4, 0.5) is 16.2 Å². The van der Waals surface area contributed by atoms with Crippen molar-refractivity contribution in [1.29, 1.82) is 0 Å². The summed E-state index contributed by atoms with van der Waals surface area (Å²) in [6, 6.07) is 17.6. The molecule has 0 bridgehead atoms. The Kier molecular flexibility index (Phi) is 6.36. The van der Waals surface area contributed by atoms with Gasteiger partial charge in [0.25, 0.3) is 0 Å². The van der Waals surface area contributed by atoms with Gasteiger partial charge < -0.3 is 19.9 Å². The molecule has 1 saturated heterocycles. The molecule has 1 N–H and O–H groups in total. The van der Waals surface area contributed by atoms with Crippen molar-refractivity contribution in [2.24, 2.45) is 0 Å². The second-order valence-electron chi connectivity index (χ2n) is 6.58. The van der Waals surface area contributed by atoms with Crippen LogP contribution in [-0.4, -0.2) is 44.2 Å². The van der Waals surface area contributed by atoms with Crippen molar-refractivity contribution >= 4 is 17.4 Å². The van der Waals surface area contributed by atoms with E-state index in [1.54, 1.807) is 11.9 Å². The van der Waals surface area contributed by atoms with E-state index in [1.165, 1.54) is 19.3 Å². The van der Waals surface area contributed by atoms with Crippen LogP contribution in [0.1, 0.15) is 19.3 Å². The maximum absolute atomic E-state index is 12.5. The molecule has 0 saturated carbocycles. The molecule has 0 unspecified atom stereocenters. The number of ether oxygens (including phenoxy) is 1. The van der Waals surface area contributed by atoms with E-state index in [2.05, 4.69) is 16.3 Å². The Morgan fingerprint density at radius 3 is 2.50 bits per heavy atom. The van der Waals surface area contributed by atoms with Gasteiger partial charge in [0.2, 0.25) is 0 Å². The zero-order valence-electron chi connectivity index (χ0n) is 15.4. The van der Waals surface area contributed by atoms with Crippen LogP contribution in [-0.2, 0) is 0 Å². The number of carbonyl (C=O) groups excluding carboxylic acids is 1. The van der Waals surface area contributed by atoms with Crippen LogP contribution < -0.4 is 15.0 Å². The van der Waals surface area contributed by atoms with Gasteiger partial charge in [0.05, 0.1) is 17.9 Å². The first-order chi connectivity index (χ1) is 12.7. The first-order valence-corrected chi connectivity index (χ1v) is 9.28. The summed E-state index contributed by atoms with van der Waals surface area (Å²) in [4.78, 5) is 16.5. The van der Waals surface area contributed by atoms with E-state index in [9.17, 15) is 4.79 Å². The van der Waals surface area contributed by atoms with Crippen LogP contribution in [0.5, 0.6) is 5.75 Å². The minimum atomic E-state index is -0.119. The van der Waals surface area contributed by atoms with Crippen molar-refractivity contribution in [3.8, 4) is 5.75 Å². The minimum Gasteiger partial charge on any atom is -0.492 e. The third kappa shape index (κ3) is 4.91. The number of nitrogens with zero attached hydrogens (tertiary/aromatic N) is 2. The number of benzene rings is 2. The number of piperidine rings is 1. The zero-order chi connectivity index (χ0) is 18.2. The van der Waals surface area contributed by atoms with Crippen LogP contribution in [0.25, 0.3) is 0 Å². The predicted octanol–water partition coefficient (Wildman–Crippen LogP) is 4.22. The van der Waals surface area contributed by atoms with Crippen LogP contribution >= 0.6 is 0 Å². The van der Waals surface area contributed by atoms with Crippen molar-refractivity contribution < 1.29 is 9.53 Å². The molecule has 138 valence electrons. The standard InChI is InChI=1S/C21H27N3O2/c1-23(16-17-26-18-10-4-2-5-11-18)21(25)22-19-12-6-7-13-20(19)24-14-8-3-9-15-24/h2,4-7,10-13H,3,8-9,14-17H2,1H3,(H,22,25). The minimum absolute atomic E-state index is 0.119. The number of hydrogen-bond donors (Lipinski definition) is 1. The van der Waals surface area contributed by atoms with E-state index in [0.717, 1.165) is 30.2 Å². The Bertz CT molecular complexity index is 699. The van der Waals surface area contributed by atoms with Crippen molar-refractivity contribution in [2.75, 3.05) is 43.5 Å². The fraction of sp³-hybridized carbons (Fsp3) is 0.381. The van der Waals surface area contributed by atoms with Crippen LogP contribution in [0.2, 0.25) is 0 Å².